The number of carbonyl (C=O) groups is 2. The fourth-order valence-corrected chi connectivity index (χ4v) is 3.01. The van der Waals surface area contributed by atoms with Gasteiger partial charge < -0.3 is 14.4 Å². The van der Waals surface area contributed by atoms with Gasteiger partial charge >= 0.3 is 12.1 Å². The molecule has 0 radical (unpaired) electrons. The van der Waals surface area contributed by atoms with Gasteiger partial charge in [0.1, 0.15) is 16.2 Å². The van der Waals surface area contributed by atoms with Crippen LogP contribution in [0.4, 0.5) is 4.79 Å². The summed E-state index contributed by atoms with van der Waals surface area (Å²) in [6, 6.07) is 0. The Morgan fingerprint density at radius 3 is 2.68 bits per heavy atom. The second-order valence-electron chi connectivity index (χ2n) is 7.04. The first-order valence-electron chi connectivity index (χ1n) is 8.31. The van der Waals surface area contributed by atoms with Crippen molar-refractivity contribution in [2.75, 3.05) is 19.7 Å². The van der Waals surface area contributed by atoms with Crippen molar-refractivity contribution < 1.29 is 19.1 Å². The van der Waals surface area contributed by atoms with Crippen LogP contribution in [-0.4, -0.2) is 52.2 Å². The highest BCUT2D eigenvalue weighted by atomic mass is 35.5. The third kappa shape index (κ3) is 4.60. The lowest BCUT2D eigenvalue weighted by Gasteiger charge is -2.40. The maximum Gasteiger partial charge on any atom is 0.410 e. The number of esters is 1. The van der Waals surface area contributed by atoms with E-state index in [4.69, 9.17) is 21.1 Å². The topological polar surface area (TPSA) is 81.6 Å². The fourth-order valence-electron chi connectivity index (χ4n) is 2.86. The Morgan fingerprint density at radius 2 is 2.08 bits per heavy atom. The Balaban J connectivity index is 2.35. The van der Waals surface area contributed by atoms with Crippen molar-refractivity contribution in [3.8, 4) is 0 Å². The van der Waals surface area contributed by atoms with Crippen LogP contribution in [-0.2, 0) is 19.7 Å². The first-order chi connectivity index (χ1) is 11.7. The zero-order valence-corrected chi connectivity index (χ0v) is 15.8. The van der Waals surface area contributed by atoms with Gasteiger partial charge in [-0.3, -0.25) is 9.78 Å². The van der Waals surface area contributed by atoms with Crippen LogP contribution in [0, 0.1) is 0 Å². The first kappa shape index (κ1) is 19.4. The second-order valence-corrected chi connectivity index (χ2v) is 7.42. The van der Waals surface area contributed by atoms with E-state index >= 15 is 0 Å². The minimum absolute atomic E-state index is 0.121. The van der Waals surface area contributed by atoms with Crippen LogP contribution in [0.3, 0.4) is 0 Å². The summed E-state index contributed by atoms with van der Waals surface area (Å²) >= 11 is 5.96. The maximum absolute atomic E-state index is 12.8. The number of carbonyl (C=O) groups excluding carboxylic acids is 2. The number of nitrogens with zero attached hydrogens (tertiary/aromatic N) is 3. The number of likely N-dealkylation sites (tertiary alicyclic amines) is 1. The molecule has 138 valence electrons. The van der Waals surface area contributed by atoms with Crippen LogP contribution in [0.1, 0.15) is 46.2 Å². The summed E-state index contributed by atoms with van der Waals surface area (Å²) in [6.45, 7) is 8.01. The van der Waals surface area contributed by atoms with Gasteiger partial charge in [0.15, 0.2) is 0 Å². The minimum Gasteiger partial charge on any atom is -0.465 e. The molecule has 1 amide bonds. The van der Waals surface area contributed by atoms with Gasteiger partial charge in [-0.15, -0.1) is 0 Å². The summed E-state index contributed by atoms with van der Waals surface area (Å²) in [5.74, 6) is -0.431. The quantitative estimate of drug-likeness (QED) is 0.762. The SMILES string of the molecule is CCOC(=O)C1(c2cncc(Cl)n2)CCCN(C(=O)OC(C)(C)C)C1. The molecule has 1 atom stereocenters. The van der Waals surface area contributed by atoms with Crippen molar-refractivity contribution in [2.45, 2.75) is 51.6 Å². The molecule has 0 saturated carbocycles. The number of hydrogen-bond acceptors (Lipinski definition) is 6. The lowest BCUT2D eigenvalue weighted by molar-refractivity contribution is -0.152. The van der Waals surface area contributed by atoms with E-state index in [-0.39, 0.29) is 18.3 Å². The lowest BCUT2D eigenvalue weighted by Crippen LogP contribution is -2.54. The van der Waals surface area contributed by atoms with Crippen LogP contribution >= 0.6 is 11.6 Å². The maximum atomic E-state index is 12.8. The van der Waals surface area contributed by atoms with E-state index in [9.17, 15) is 9.59 Å². The second kappa shape index (κ2) is 7.56. The molecular formula is C17H24ClN3O4. The molecule has 1 aromatic heterocycles. The van der Waals surface area contributed by atoms with Crippen LogP contribution < -0.4 is 0 Å². The Kier molecular flexibility index (Phi) is 5.87. The molecule has 8 heteroatoms. The van der Waals surface area contributed by atoms with E-state index in [1.807, 2.05) is 0 Å². The van der Waals surface area contributed by atoms with E-state index in [0.717, 1.165) is 0 Å². The van der Waals surface area contributed by atoms with Gasteiger partial charge in [-0.2, -0.15) is 0 Å². The molecule has 0 aliphatic carbocycles. The standard InChI is InChI=1S/C17H24ClN3O4/c1-5-24-14(22)17(12-9-19-10-13(18)20-12)7-6-8-21(11-17)15(23)25-16(2,3)4/h9-10H,5-8,11H2,1-4H3. The highest BCUT2D eigenvalue weighted by Gasteiger charge is 2.48. The number of hydrogen-bond donors (Lipinski definition) is 0. The smallest absolute Gasteiger partial charge is 0.410 e. The molecular weight excluding hydrogens is 346 g/mol. The molecule has 7 nitrogen and oxygen atoms in total. The zero-order chi connectivity index (χ0) is 18.7. The molecule has 0 bridgehead atoms. The highest BCUT2D eigenvalue weighted by Crippen LogP contribution is 2.35. The van der Waals surface area contributed by atoms with Gasteiger partial charge in [-0.1, -0.05) is 11.6 Å². The van der Waals surface area contributed by atoms with Crippen molar-refractivity contribution in [3.63, 3.8) is 0 Å². The van der Waals surface area contributed by atoms with E-state index < -0.39 is 23.1 Å². The Morgan fingerprint density at radius 1 is 1.36 bits per heavy atom. The predicted octanol–water partition coefficient (Wildman–Crippen LogP) is 2.96. The number of ether oxygens (including phenoxy) is 2. The number of aromatic nitrogens is 2. The van der Waals surface area contributed by atoms with Crippen molar-refractivity contribution in [1.82, 2.24) is 14.9 Å². The van der Waals surface area contributed by atoms with Crippen LogP contribution in [0.2, 0.25) is 5.15 Å². The van der Waals surface area contributed by atoms with Crippen molar-refractivity contribution in [2.24, 2.45) is 0 Å². The minimum atomic E-state index is -1.09. The van der Waals surface area contributed by atoms with E-state index in [0.29, 0.717) is 25.1 Å². The normalized spacial score (nSPS) is 20.9. The molecule has 1 unspecified atom stereocenters. The third-order valence-corrected chi connectivity index (χ3v) is 4.09. The number of rotatable bonds is 3. The Labute approximate surface area is 152 Å². The first-order valence-corrected chi connectivity index (χ1v) is 8.69. The average Bonchev–Trinajstić information content (AvgIpc) is 2.53. The molecule has 1 aliphatic heterocycles. The number of halogens is 1. The number of piperidine rings is 1. The van der Waals surface area contributed by atoms with Crippen LogP contribution in [0.5, 0.6) is 0 Å². The highest BCUT2D eigenvalue weighted by molar-refractivity contribution is 6.29. The Hall–Kier alpha value is -1.89. The molecule has 25 heavy (non-hydrogen) atoms. The van der Waals surface area contributed by atoms with Crippen molar-refractivity contribution in [1.29, 1.82) is 0 Å². The van der Waals surface area contributed by atoms with Gasteiger partial charge in [0, 0.05) is 19.3 Å². The molecule has 0 N–H and O–H groups in total. The van der Waals surface area contributed by atoms with E-state index in [2.05, 4.69) is 9.97 Å². The summed E-state index contributed by atoms with van der Waals surface area (Å²) in [7, 11) is 0. The molecule has 1 saturated heterocycles. The largest absolute Gasteiger partial charge is 0.465 e. The van der Waals surface area contributed by atoms with E-state index in [1.165, 1.54) is 17.3 Å². The van der Waals surface area contributed by atoms with Gasteiger partial charge in [0.05, 0.1) is 18.5 Å². The van der Waals surface area contributed by atoms with Gasteiger partial charge in [-0.05, 0) is 40.5 Å². The molecule has 0 spiro atoms. The predicted molar refractivity (Wildman–Crippen MR) is 92.4 cm³/mol. The molecule has 2 rings (SSSR count). The molecule has 2 heterocycles. The van der Waals surface area contributed by atoms with Crippen LogP contribution in [0.25, 0.3) is 0 Å². The third-order valence-electron chi connectivity index (χ3n) is 3.91. The van der Waals surface area contributed by atoms with Gasteiger partial charge in [0.2, 0.25) is 0 Å². The zero-order valence-electron chi connectivity index (χ0n) is 15.0. The number of amides is 1. The average molecular weight is 370 g/mol. The monoisotopic (exact) mass is 369 g/mol. The summed E-state index contributed by atoms with van der Waals surface area (Å²) in [6.07, 6.45) is 3.56. The molecule has 0 aromatic carbocycles. The van der Waals surface area contributed by atoms with Crippen LogP contribution in [0.15, 0.2) is 12.4 Å². The fraction of sp³-hybridized carbons (Fsp3) is 0.647. The summed E-state index contributed by atoms with van der Waals surface area (Å²) in [4.78, 5) is 35.1. The van der Waals surface area contributed by atoms with Crippen molar-refractivity contribution >= 4 is 23.7 Å². The van der Waals surface area contributed by atoms with Gasteiger partial charge in [-0.25, -0.2) is 9.78 Å². The summed E-state index contributed by atoms with van der Waals surface area (Å²) in [5, 5.41) is 0.190. The summed E-state index contributed by atoms with van der Waals surface area (Å²) in [5.41, 5.74) is -1.30. The van der Waals surface area contributed by atoms with Crippen molar-refractivity contribution in [3.05, 3.63) is 23.2 Å². The molecule has 1 fully saturated rings. The van der Waals surface area contributed by atoms with Gasteiger partial charge in [0.25, 0.3) is 0 Å². The lowest BCUT2D eigenvalue weighted by atomic mass is 9.77. The van der Waals surface area contributed by atoms with E-state index in [1.54, 1.807) is 27.7 Å². The summed E-state index contributed by atoms with van der Waals surface area (Å²) < 4.78 is 10.7. The molecule has 1 aliphatic rings. The Bertz CT molecular complexity index is 647. The molecule has 1 aromatic rings.